The van der Waals surface area contributed by atoms with Crippen LogP contribution in [0.5, 0.6) is 5.75 Å². The molecule has 0 bridgehead atoms. The van der Waals surface area contributed by atoms with E-state index in [1.165, 1.54) is 0 Å². The third-order valence-corrected chi connectivity index (χ3v) is 4.47. The van der Waals surface area contributed by atoms with Crippen LogP contribution < -0.4 is 15.4 Å². The molecule has 2 aromatic carbocycles. The zero-order chi connectivity index (χ0) is 19.8. The van der Waals surface area contributed by atoms with E-state index in [0.29, 0.717) is 12.1 Å². The molecule has 28 heavy (non-hydrogen) atoms. The number of carbonyl (C=O) groups is 2. The molecule has 146 valence electrons. The van der Waals surface area contributed by atoms with Crippen LogP contribution >= 0.6 is 0 Å². The van der Waals surface area contributed by atoms with Crippen LogP contribution in [0.4, 0.5) is 0 Å². The lowest BCUT2D eigenvalue weighted by Crippen LogP contribution is -2.38. The first-order valence-electron chi connectivity index (χ1n) is 9.27. The standard InChI is InChI=1S/C22H24N2O4/c1-27-18-11-9-16(10-12-18)14-20(22(26)23-15-19-8-5-13-28-19)24-21(25)17-6-3-2-4-7-17/h2-4,6-7,9-12,14,19H,5,8,13,15H2,1H3,(H,23,26)(H,24,25)/b20-14-/t19-/m1/s1. The van der Waals surface area contributed by atoms with E-state index >= 15 is 0 Å². The SMILES string of the molecule is COc1ccc(/C=C(\NC(=O)c2ccccc2)C(=O)NC[C@H]2CCCO2)cc1. The number of ether oxygens (including phenoxy) is 2. The van der Waals surface area contributed by atoms with Gasteiger partial charge in [0, 0.05) is 18.7 Å². The molecule has 2 amide bonds. The molecule has 1 saturated heterocycles. The molecule has 3 rings (SSSR count). The molecule has 6 heteroatoms. The lowest BCUT2D eigenvalue weighted by atomic mass is 10.1. The summed E-state index contributed by atoms with van der Waals surface area (Å²) < 4.78 is 10.7. The summed E-state index contributed by atoms with van der Waals surface area (Å²) in [5, 5.41) is 5.58. The molecule has 2 aromatic rings. The summed E-state index contributed by atoms with van der Waals surface area (Å²) in [5.74, 6) is 0.0260. The van der Waals surface area contributed by atoms with Gasteiger partial charge in [-0.2, -0.15) is 0 Å². The highest BCUT2D eigenvalue weighted by molar-refractivity contribution is 6.05. The molecule has 1 aliphatic rings. The van der Waals surface area contributed by atoms with Crippen LogP contribution in [0.1, 0.15) is 28.8 Å². The van der Waals surface area contributed by atoms with Gasteiger partial charge in [-0.3, -0.25) is 9.59 Å². The predicted octanol–water partition coefficient (Wildman–Crippen LogP) is 2.76. The third-order valence-electron chi connectivity index (χ3n) is 4.47. The number of hydrogen-bond donors (Lipinski definition) is 2. The molecule has 1 heterocycles. The van der Waals surface area contributed by atoms with Crippen molar-refractivity contribution in [1.29, 1.82) is 0 Å². The maximum Gasteiger partial charge on any atom is 0.267 e. The minimum atomic E-state index is -0.351. The molecule has 0 unspecified atom stereocenters. The Labute approximate surface area is 164 Å². The van der Waals surface area contributed by atoms with E-state index in [4.69, 9.17) is 9.47 Å². The van der Waals surface area contributed by atoms with Gasteiger partial charge >= 0.3 is 0 Å². The van der Waals surface area contributed by atoms with Crippen LogP contribution in [0.15, 0.2) is 60.3 Å². The van der Waals surface area contributed by atoms with E-state index in [9.17, 15) is 9.59 Å². The Morgan fingerprint density at radius 1 is 1.14 bits per heavy atom. The number of carbonyl (C=O) groups excluding carboxylic acids is 2. The fourth-order valence-corrected chi connectivity index (χ4v) is 2.92. The zero-order valence-corrected chi connectivity index (χ0v) is 15.8. The molecule has 0 spiro atoms. The molecule has 0 aliphatic carbocycles. The molecule has 0 saturated carbocycles. The molecule has 0 aromatic heterocycles. The van der Waals surface area contributed by atoms with Crippen molar-refractivity contribution in [2.75, 3.05) is 20.3 Å². The number of benzene rings is 2. The van der Waals surface area contributed by atoms with Crippen LogP contribution in [0, 0.1) is 0 Å². The third kappa shape index (κ3) is 5.44. The molecule has 1 atom stereocenters. The van der Waals surface area contributed by atoms with E-state index < -0.39 is 0 Å². The van der Waals surface area contributed by atoms with Gasteiger partial charge in [-0.25, -0.2) is 0 Å². The van der Waals surface area contributed by atoms with E-state index in [2.05, 4.69) is 10.6 Å². The van der Waals surface area contributed by atoms with Crippen LogP contribution in [-0.4, -0.2) is 38.2 Å². The minimum Gasteiger partial charge on any atom is -0.497 e. The highest BCUT2D eigenvalue weighted by atomic mass is 16.5. The molecule has 2 N–H and O–H groups in total. The average molecular weight is 380 g/mol. The van der Waals surface area contributed by atoms with E-state index in [0.717, 1.165) is 30.8 Å². The second-order valence-electron chi connectivity index (χ2n) is 6.50. The van der Waals surface area contributed by atoms with Gasteiger partial charge in [0.15, 0.2) is 0 Å². The molecule has 1 fully saturated rings. The number of methoxy groups -OCH3 is 1. The Morgan fingerprint density at radius 2 is 1.89 bits per heavy atom. The first-order valence-corrected chi connectivity index (χ1v) is 9.27. The van der Waals surface area contributed by atoms with Crippen LogP contribution in [0.25, 0.3) is 6.08 Å². The fourth-order valence-electron chi connectivity index (χ4n) is 2.92. The van der Waals surface area contributed by atoms with Crippen molar-refractivity contribution in [3.63, 3.8) is 0 Å². The number of rotatable bonds is 7. The molecular formula is C22H24N2O4. The largest absolute Gasteiger partial charge is 0.497 e. The zero-order valence-electron chi connectivity index (χ0n) is 15.8. The summed E-state index contributed by atoms with van der Waals surface area (Å²) in [6.45, 7) is 1.14. The summed E-state index contributed by atoms with van der Waals surface area (Å²) in [6.07, 6.45) is 3.59. The van der Waals surface area contributed by atoms with Crippen molar-refractivity contribution in [2.24, 2.45) is 0 Å². The van der Waals surface area contributed by atoms with Gasteiger partial charge in [0.25, 0.3) is 11.8 Å². The Kier molecular flexibility index (Phi) is 6.81. The fraction of sp³-hybridized carbons (Fsp3) is 0.273. The van der Waals surface area contributed by atoms with Crippen molar-refractivity contribution in [2.45, 2.75) is 18.9 Å². The number of hydrogen-bond acceptors (Lipinski definition) is 4. The van der Waals surface area contributed by atoms with E-state index in [1.807, 2.05) is 18.2 Å². The quantitative estimate of drug-likeness (QED) is 0.724. The average Bonchev–Trinajstić information content (AvgIpc) is 3.26. The van der Waals surface area contributed by atoms with Crippen molar-refractivity contribution in [3.05, 3.63) is 71.4 Å². The topological polar surface area (TPSA) is 76.7 Å². The Hall–Kier alpha value is -3.12. The molecule has 6 nitrogen and oxygen atoms in total. The predicted molar refractivity (Wildman–Crippen MR) is 107 cm³/mol. The summed E-state index contributed by atoms with van der Waals surface area (Å²) in [7, 11) is 1.59. The van der Waals surface area contributed by atoms with Gasteiger partial charge in [0.1, 0.15) is 11.4 Å². The van der Waals surface area contributed by atoms with Crippen LogP contribution in [-0.2, 0) is 9.53 Å². The first kappa shape index (κ1) is 19.6. The second kappa shape index (κ2) is 9.71. The van der Waals surface area contributed by atoms with Crippen molar-refractivity contribution < 1.29 is 19.1 Å². The van der Waals surface area contributed by atoms with Gasteiger partial charge in [0.2, 0.25) is 0 Å². The van der Waals surface area contributed by atoms with Gasteiger partial charge < -0.3 is 20.1 Å². The Balaban J connectivity index is 1.76. The summed E-state index contributed by atoms with van der Waals surface area (Å²) in [6, 6.07) is 16.0. The van der Waals surface area contributed by atoms with Crippen molar-refractivity contribution >= 4 is 17.9 Å². The highest BCUT2D eigenvalue weighted by Gasteiger charge is 2.19. The summed E-state index contributed by atoms with van der Waals surface area (Å²) >= 11 is 0. The molecule has 0 radical (unpaired) electrons. The summed E-state index contributed by atoms with van der Waals surface area (Å²) in [4.78, 5) is 25.3. The van der Waals surface area contributed by atoms with Gasteiger partial charge in [0.05, 0.1) is 13.2 Å². The number of amides is 2. The monoisotopic (exact) mass is 380 g/mol. The lowest BCUT2D eigenvalue weighted by molar-refractivity contribution is -0.118. The van der Waals surface area contributed by atoms with Crippen LogP contribution in [0.3, 0.4) is 0 Å². The molecule has 1 aliphatic heterocycles. The lowest BCUT2D eigenvalue weighted by Gasteiger charge is -2.14. The Bertz CT molecular complexity index is 825. The maximum absolute atomic E-state index is 12.7. The summed E-state index contributed by atoms with van der Waals surface area (Å²) in [5.41, 5.74) is 1.43. The second-order valence-corrected chi connectivity index (χ2v) is 6.50. The normalized spacial score (nSPS) is 16.5. The maximum atomic E-state index is 12.7. The Morgan fingerprint density at radius 3 is 2.54 bits per heavy atom. The van der Waals surface area contributed by atoms with Gasteiger partial charge in [-0.15, -0.1) is 0 Å². The van der Waals surface area contributed by atoms with Gasteiger partial charge in [-0.05, 0) is 48.7 Å². The molecular weight excluding hydrogens is 356 g/mol. The van der Waals surface area contributed by atoms with Gasteiger partial charge in [-0.1, -0.05) is 30.3 Å². The van der Waals surface area contributed by atoms with Crippen LogP contribution in [0.2, 0.25) is 0 Å². The number of nitrogens with one attached hydrogen (secondary N) is 2. The van der Waals surface area contributed by atoms with Crippen molar-refractivity contribution in [3.8, 4) is 5.75 Å². The smallest absolute Gasteiger partial charge is 0.267 e. The van der Waals surface area contributed by atoms with E-state index in [-0.39, 0.29) is 23.6 Å². The van der Waals surface area contributed by atoms with E-state index in [1.54, 1.807) is 49.6 Å². The van der Waals surface area contributed by atoms with Crippen molar-refractivity contribution in [1.82, 2.24) is 10.6 Å². The minimum absolute atomic E-state index is 0.0241. The highest BCUT2D eigenvalue weighted by Crippen LogP contribution is 2.14. The first-order chi connectivity index (χ1) is 13.7.